The number of hydrogen-bond donors (Lipinski definition) is 2. The summed E-state index contributed by atoms with van der Waals surface area (Å²) in [7, 11) is 3.06. The third-order valence-corrected chi connectivity index (χ3v) is 3.88. The van der Waals surface area contributed by atoms with Crippen LogP contribution in [0.3, 0.4) is 0 Å². The Morgan fingerprint density at radius 2 is 1.85 bits per heavy atom. The van der Waals surface area contributed by atoms with Crippen LogP contribution in [0.2, 0.25) is 0 Å². The van der Waals surface area contributed by atoms with E-state index in [2.05, 4.69) is 22.8 Å². The molecule has 6 nitrogen and oxygen atoms in total. The lowest BCUT2D eigenvalue weighted by Crippen LogP contribution is -2.17. The molecule has 0 atom stereocenters. The van der Waals surface area contributed by atoms with E-state index in [0.29, 0.717) is 23.7 Å². The summed E-state index contributed by atoms with van der Waals surface area (Å²) in [5.74, 6) is 0.573. The summed E-state index contributed by atoms with van der Waals surface area (Å²) in [4.78, 5) is 12.3. The number of aryl methyl sites for hydroxylation is 1. The van der Waals surface area contributed by atoms with Crippen molar-refractivity contribution in [3.8, 4) is 17.6 Å². The lowest BCUT2D eigenvalue weighted by Gasteiger charge is -2.10. The van der Waals surface area contributed by atoms with E-state index in [1.807, 2.05) is 24.3 Å². The predicted octanol–water partition coefficient (Wildman–Crippen LogP) is 3.27. The molecule has 0 heterocycles. The first-order chi connectivity index (χ1) is 13.2. The number of nitriles is 1. The molecule has 0 unspecified atom stereocenters. The maximum Gasteiger partial charge on any atom is 0.267 e. The number of anilines is 1. The van der Waals surface area contributed by atoms with Gasteiger partial charge in [-0.1, -0.05) is 30.3 Å². The molecule has 6 heteroatoms. The van der Waals surface area contributed by atoms with Gasteiger partial charge < -0.3 is 20.1 Å². The Kier molecular flexibility index (Phi) is 7.73. The van der Waals surface area contributed by atoms with Crippen LogP contribution in [-0.2, 0) is 11.2 Å². The summed E-state index contributed by atoms with van der Waals surface area (Å²) >= 11 is 0. The Morgan fingerprint density at radius 3 is 2.52 bits per heavy atom. The smallest absolute Gasteiger partial charge is 0.267 e. The number of nitrogens with one attached hydrogen (secondary N) is 2. The molecule has 0 aromatic heterocycles. The number of carbonyl (C=O) groups is 1. The highest BCUT2D eigenvalue weighted by Crippen LogP contribution is 2.29. The van der Waals surface area contributed by atoms with E-state index in [9.17, 15) is 10.1 Å². The molecule has 1 amide bonds. The van der Waals surface area contributed by atoms with Crippen molar-refractivity contribution in [2.24, 2.45) is 0 Å². The first-order valence-corrected chi connectivity index (χ1v) is 8.59. The van der Waals surface area contributed by atoms with Crippen molar-refractivity contribution in [1.82, 2.24) is 5.32 Å². The molecule has 0 radical (unpaired) electrons. The quantitative estimate of drug-likeness (QED) is 0.405. The van der Waals surface area contributed by atoms with Crippen LogP contribution in [0.4, 0.5) is 5.69 Å². The molecule has 2 aromatic rings. The summed E-state index contributed by atoms with van der Waals surface area (Å²) in [6, 6.07) is 17.1. The van der Waals surface area contributed by atoms with Crippen LogP contribution in [-0.4, -0.2) is 26.7 Å². The van der Waals surface area contributed by atoms with Gasteiger partial charge >= 0.3 is 0 Å². The number of benzene rings is 2. The minimum atomic E-state index is -0.486. The van der Waals surface area contributed by atoms with Crippen molar-refractivity contribution in [1.29, 1.82) is 5.26 Å². The van der Waals surface area contributed by atoms with Crippen molar-refractivity contribution >= 4 is 11.6 Å². The molecule has 0 bridgehead atoms. The van der Waals surface area contributed by atoms with Gasteiger partial charge in [-0.3, -0.25) is 4.79 Å². The monoisotopic (exact) mass is 365 g/mol. The van der Waals surface area contributed by atoms with Crippen LogP contribution >= 0.6 is 0 Å². The maximum absolute atomic E-state index is 12.3. The van der Waals surface area contributed by atoms with Crippen LogP contribution in [0, 0.1) is 11.3 Å². The van der Waals surface area contributed by atoms with Crippen LogP contribution in [0.1, 0.15) is 12.0 Å². The fourth-order valence-corrected chi connectivity index (χ4v) is 2.47. The average Bonchev–Trinajstić information content (AvgIpc) is 2.71. The number of rotatable bonds is 9. The summed E-state index contributed by atoms with van der Waals surface area (Å²) in [6.07, 6.45) is 3.28. The second-order valence-electron chi connectivity index (χ2n) is 5.74. The molecule has 0 spiro atoms. The molecule has 0 aliphatic rings. The van der Waals surface area contributed by atoms with E-state index in [-0.39, 0.29) is 5.57 Å². The molecule has 140 valence electrons. The standard InChI is InChI=1S/C21H23N3O3/c1-26-19-11-10-18(13-20(19)27-2)24-21(25)17(14-22)15-23-12-6-9-16-7-4-3-5-8-16/h3-5,7-8,10-11,13,15,23H,6,9,12H2,1-2H3,(H,24,25)/b17-15-. The second kappa shape index (κ2) is 10.5. The number of ether oxygens (including phenoxy) is 2. The SMILES string of the molecule is COc1ccc(NC(=O)/C(C#N)=C\NCCCc2ccccc2)cc1OC. The van der Waals surface area contributed by atoms with Gasteiger partial charge in [0, 0.05) is 24.5 Å². The lowest BCUT2D eigenvalue weighted by molar-refractivity contribution is -0.112. The Hall–Kier alpha value is -3.46. The Labute approximate surface area is 159 Å². The molecule has 2 N–H and O–H groups in total. The summed E-state index contributed by atoms with van der Waals surface area (Å²) < 4.78 is 10.4. The number of hydrogen-bond acceptors (Lipinski definition) is 5. The molecule has 0 aliphatic carbocycles. The number of carbonyl (C=O) groups excluding carboxylic acids is 1. The van der Waals surface area contributed by atoms with Gasteiger partial charge in [0.2, 0.25) is 0 Å². The van der Waals surface area contributed by atoms with Gasteiger partial charge in [-0.05, 0) is 30.5 Å². The Morgan fingerprint density at radius 1 is 1.11 bits per heavy atom. The third kappa shape index (κ3) is 6.08. The first-order valence-electron chi connectivity index (χ1n) is 8.59. The van der Waals surface area contributed by atoms with Gasteiger partial charge in [-0.25, -0.2) is 0 Å². The van der Waals surface area contributed by atoms with E-state index >= 15 is 0 Å². The van der Waals surface area contributed by atoms with Crippen LogP contribution in [0.15, 0.2) is 60.3 Å². The van der Waals surface area contributed by atoms with Gasteiger partial charge in [0.25, 0.3) is 5.91 Å². The van der Waals surface area contributed by atoms with Crippen LogP contribution < -0.4 is 20.1 Å². The predicted molar refractivity (Wildman–Crippen MR) is 105 cm³/mol. The Bertz CT molecular complexity index is 826. The zero-order valence-electron chi connectivity index (χ0n) is 15.5. The number of methoxy groups -OCH3 is 2. The normalized spacial score (nSPS) is 10.6. The molecular weight excluding hydrogens is 342 g/mol. The van der Waals surface area contributed by atoms with Gasteiger partial charge in [-0.2, -0.15) is 5.26 Å². The highest BCUT2D eigenvalue weighted by atomic mass is 16.5. The molecular formula is C21H23N3O3. The Balaban J connectivity index is 1.87. The maximum atomic E-state index is 12.3. The van der Waals surface area contributed by atoms with Crippen molar-refractivity contribution in [3.63, 3.8) is 0 Å². The van der Waals surface area contributed by atoms with E-state index < -0.39 is 5.91 Å². The largest absolute Gasteiger partial charge is 0.493 e. The summed E-state index contributed by atoms with van der Waals surface area (Å²) in [5.41, 5.74) is 1.78. The first kappa shape index (κ1) is 19.9. The fraction of sp³-hybridized carbons (Fsp3) is 0.238. The van der Waals surface area contributed by atoms with Crippen LogP contribution in [0.25, 0.3) is 0 Å². The van der Waals surface area contributed by atoms with Crippen molar-refractivity contribution in [3.05, 3.63) is 65.9 Å². The highest BCUT2D eigenvalue weighted by Gasteiger charge is 2.11. The third-order valence-electron chi connectivity index (χ3n) is 3.88. The van der Waals surface area contributed by atoms with Crippen molar-refractivity contribution in [2.45, 2.75) is 12.8 Å². The molecule has 2 aromatic carbocycles. The molecule has 2 rings (SSSR count). The summed E-state index contributed by atoms with van der Waals surface area (Å²) in [5, 5.41) is 14.9. The highest BCUT2D eigenvalue weighted by molar-refractivity contribution is 6.06. The zero-order chi connectivity index (χ0) is 19.5. The van der Waals surface area contributed by atoms with Crippen LogP contribution in [0.5, 0.6) is 11.5 Å². The van der Waals surface area contributed by atoms with E-state index in [0.717, 1.165) is 12.8 Å². The minimum Gasteiger partial charge on any atom is -0.493 e. The fourth-order valence-electron chi connectivity index (χ4n) is 2.47. The van der Waals surface area contributed by atoms with Crippen molar-refractivity contribution < 1.29 is 14.3 Å². The van der Waals surface area contributed by atoms with Gasteiger partial charge in [0.15, 0.2) is 11.5 Å². The minimum absolute atomic E-state index is 0.00416. The van der Waals surface area contributed by atoms with E-state index in [1.165, 1.54) is 26.0 Å². The van der Waals surface area contributed by atoms with E-state index in [4.69, 9.17) is 9.47 Å². The number of nitrogens with zero attached hydrogens (tertiary/aromatic N) is 1. The molecule has 27 heavy (non-hydrogen) atoms. The zero-order valence-corrected chi connectivity index (χ0v) is 15.5. The average molecular weight is 365 g/mol. The second-order valence-corrected chi connectivity index (χ2v) is 5.74. The topological polar surface area (TPSA) is 83.4 Å². The molecule has 0 saturated heterocycles. The lowest BCUT2D eigenvalue weighted by atomic mass is 10.1. The van der Waals surface area contributed by atoms with Crippen molar-refractivity contribution in [2.75, 3.05) is 26.1 Å². The molecule has 0 aliphatic heterocycles. The molecule has 0 saturated carbocycles. The summed E-state index contributed by atoms with van der Waals surface area (Å²) in [6.45, 7) is 0.670. The molecule has 0 fully saturated rings. The number of amides is 1. The van der Waals surface area contributed by atoms with Gasteiger partial charge in [0.05, 0.1) is 14.2 Å². The van der Waals surface area contributed by atoms with Gasteiger partial charge in [-0.15, -0.1) is 0 Å². The van der Waals surface area contributed by atoms with Gasteiger partial charge in [0.1, 0.15) is 11.6 Å². The van der Waals surface area contributed by atoms with E-state index in [1.54, 1.807) is 18.2 Å².